The van der Waals surface area contributed by atoms with E-state index >= 15 is 0 Å². The van der Waals surface area contributed by atoms with E-state index < -0.39 is 0 Å². The fraction of sp³-hybridized carbons (Fsp3) is 0.368. The fourth-order valence-electron chi connectivity index (χ4n) is 3.40. The molecule has 0 saturated carbocycles. The number of hydrogen-bond donors (Lipinski definition) is 2. The Morgan fingerprint density at radius 3 is 2.92 bits per heavy atom. The van der Waals surface area contributed by atoms with Crippen LogP contribution in [0, 0.1) is 0 Å². The molecule has 1 aliphatic heterocycles. The van der Waals surface area contributed by atoms with Crippen LogP contribution >= 0.6 is 0 Å². The van der Waals surface area contributed by atoms with E-state index in [1.165, 1.54) is 0 Å². The van der Waals surface area contributed by atoms with Crippen molar-refractivity contribution in [3.05, 3.63) is 54.1 Å². The molecular formula is C19H22N6O. The van der Waals surface area contributed by atoms with Crippen LogP contribution in [0.4, 0.5) is 0 Å². The van der Waals surface area contributed by atoms with Crippen molar-refractivity contribution >= 4 is 5.91 Å². The zero-order valence-corrected chi connectivity index (χ0v) is 14.6. The number of carbonyl (C=O) groups excluding carboxylic acids is 1. The molecule has 0 spiro atoms. The first-order valence-electron chi connectivity index (χ1n) is 9.04. The minimum absolute atomic E-state index is 0.0946. The molecule has 3 heterocycles. The summed E-state index contributed by atoms with van der Waals surface area (Å²) in [5, 5.41) is 18.6. The smallest absolute Gasteiger partial charge is 0.220 e. The number of amides is 1. The van der Waals surface area contributed by atoms with Gasteiger partial charge >= 0.3 is 0 Å². The van der Waals surface area contributed by atoms with Gasteiger partial charge in [0.2, 0.25) is 5.91 Å². The third kappa shape index (κ3) is 3.66. The topological polar surface area (TPSA) is 88.5 Å². The van der Waals surface area contributed by atoms with E-state index in [1.54, 1.807) is 6.20 Å². The summed E-state index contributed by atoms with van der Waals surface area (Å²) in [4.78, 5) is 12.2. The summed E-state index contributed by atoms with van der Waals surface area (Å²) in [7, 11) is 0. The lowest BCUT2D eigenvalue weighted by atomic mass is 10.1. The van der Waals surface area contributed by atoms with Crippen molar-refractivity contribution in [3.63, 3.8) is 0 Å². The first-order valence-corrected chi connectivity index (χ1v) is 9.04. The third-order valence-electron chi connectivity index (χ3n) is 4.84. The Hall–Kier alpha value is -2.96. The van der Waals surface area contributed by atoms with Gasteiger partial charge in [0.15, 0.2) is 5.82 Å². The number of benzene rings is 1. The summed E-state index contributed by atoms with van der Waals surface area (Å²) in [6.07, 6.45) is 7.39. The van der Waals surface area contributed by atoms with Crippen molar-refractivity contribution in [3.8, 4) is 11.4 Å². The summed E-state index contributed by atoms with van der Waals surface area (Å²) < 4.78 is 2.19. The molecule has 1 amide bonds. The number of H-pyrrole nitrogens is 1. The monoisotopic (exact) mass is 350 g/mol. The summed E-state index contributed by atoms with van der Waals surface area (Å²) in [5.41, 5.74) is 2.13. The molecule has 7 nitrogen and oxygen atoms in total. The maximum Gasteiger partial charge on any atom is 0.220 e. The molecule has 7 heteroatoms. The highest BCUT2D eigenvalue weighted by atomic mass is 16.1. The Bertz CT molecular complexity index is 856. The molecule has 1 atom stereocenters. The molecule has 4 rings (SSSR count). The minimum Gasteiger partial charge on any atom is -0.353 e. The number of fused-ring (bicyclic) bond motifs is 1. The first-order chi connectivity index (χ1) is 12.8. The van der Waals surface area contributed by atoms with E-state index in [4.69, 9.17) is 0 Å². The molecule has 1 unspecified atom stereocenters. The number of nitrogens with zero attached hydrogens (tertiary/aromatic N) is 4. The van der Waals surface area contributed by atoms with Gasteiger partial charge in [0.05, 0.1) is 6.20 Å². The van der Waals surface area contributed by atoms with Crippen molar-refractivity contribution in [1.29, 1.82) is 0 Å². The lowest BCUT2D eigenvalue weighted by Crippen LogP contribution is -2.35. The fourth-order valence-corrected chi connectivity index (χ4v) is 3.40. The highest BCUT2D eigenvalue weighted by molar-refractivity contribution is 5.76. The van der Waals surface area contributed by atoms with E-state index in [0.717, 1.165) is 48.6 Å². The van der Waals surface area contributed by atoms with E-state index in [1.807, 2.05) is 24.4 Å². The van der Waals surface area contributed by atoms with Crippen LogP contribution in [0.3, 0.4) is 0 Å². The standard InChI is InChI=1S/C19H22N6O/c26-18(9-6-14-12-20-21-13-14)22-16-7-8-17-23-24-19(25(17)11-10-16)15-4-2-1-3-5-15/h1-5,12-13,16H,6-11H2,(H,20,21)(H,22,26). The molecule has 2 N–H and O–H groups in total. The lowest BCUT2D eigenvalue weighted by Gasteiger charge is -2.16. The second-order valence-electron chi connectivity index (χ2n) is 6.66. The van der Waals surface area contributed by atoms with Crippen LogP contribution in [-0.4, -0.2) is 36.9 Å². The van der Waals surface area contributed by atoms with Gasteiger partial charge in [-0.1, -0.05) is 30.3 Å². The molecule has 0 saturated heterocycles. The van der Waals surface area contributed by atoms with Gasteiger partial charge in [0.1, 0.15) is 5.82 Å². The summed E-state index contributed by atoms with van der Waals surface area (Å²) in [6, 6.07) is 10.3. The number of hydrogen-bond acceptors (Lipinski definition) is 4. The molecule has 0 radical (unpaired) electrons. The summed E-state index contributed by atoms with van der Waals surface area (Å²) in [6.45, 7) is 0.819. The first kappa shape index (κ1) is 16.5. The Labute approximate surface area is 151 Å². The minimum atomic E-state index is 0.0946. The molecule has 3 aromatic rings. The molecule has 1 aliphatic rings. The van der Waals surface area contributed by atoms with Crippen LogP contribution in [0.5, 0.6) is 0 Å². The van der Waals surface area contributed by atoms with Crippen LogP contribution in [0.25, 0.3) is 11.4 Å². The van der Waals surface area contributed by atoms with E-state index in [2.05, 4.69) is 42.4 Å². The molecule has 0 fully saturated rings. The SMILES string of the molecule is O=C(CCc1cn[nH]c1)NC1CCc2nnc(-c3ccccc3)n2CC1. The van der Waals surface area contributed by atoms with E-state index in [-0.39, 0.29) is 11.9 Å². The number of aromatic nitrogens is 5. The lowest BCUT2D eigenvalue weighted by molar-refractivity contribution is -0.121. The van der Waals surface area contributed by atoms with Gasteiger partial charge in [-0.3, -0.25) is 9.89 Å². The largest absolute Gasteiger partial charge is 0.353 e. The third-order valence-corrected chi connectivity index (χ3v) is 4.84. The van der Waals surface area contributed by atoms with Crippen molar-refractivity contribution in [2.75, 3.05) is 0 Å². The van der Waals surface area contributed by atoms with E-state index in [9.17, 15) is 4.79 Å². The van der Waals surface area contributed by atoms with Crippen LogP contribution in [-0.2, 0) is 24.2 Å². The maximum absolute atomic E-state index is 12.2. The van der Waals surface area contributed by atoms with Gasteiger partial charge in [-0.05, 0) is 24.8 Å². The number of aromatic amines is 1. The maximum atomic E-state index is 12.2. The Morgan fingerprint density at radius 2 is 2.12 bits per heavy atom. The second kappa shape index (κ2) is 7.51. The van der Waals surface area contributed by atoms with Gasteiger partial charge in [-0.15, -0.1) is 10.2 Å². The van der Waals surface area contributed by atoms with Crippen molar-refractivity contribution in [2.45, 2.75) is 44.7 Å². The molecule has 1 aromatic carbocycles. The zero-order chi connectivity index (χ0) is 17.8. The van der Waals surface area contributed by atoms with Gasteiger partial charge in [-0.2, -0.15) is 5.10 Å². The van der Waals surface area contributed by atoms with E-state index in [0.29, 0.717) is 12.8 Å². The van der Waals surface area contributed by atoms with Crippen molar-refractivity contribution in [1.82, 2.24) is 30.3 Å². The van der Waals surface area contributed by atoms with Crippen LogP contribution < -0.4 is 5.32 Å². The number of carbonyl (C=O) groups is 1. The predicted molar refractivity (Wildman–Crippen MR) is 97.2 cm³/mol. The van der Waals surface area contributed by atoms with Gasteiger partial charge in [-0.25, -0.2) is 0 Å². The van der Waals surface area contributed by atoms with Crippen LogP contribution in [0.1, 0.15) is 30.7 Å². The normalized spacial score (nSPS) is 16.7. The number of rotatable bonds is 5. The highest BCUT2D eigenvalue weighted by Gasteiger charge is 2.22. The zero-order valence-electron chi connectivity index (χ0n) is 14.6. The van der Waals surface area contributed by atoms with Gasteiger partial charge in [0.25, 0.3) is 0 Å². The van der Waals surface area contributed by atoms with Gasteiger partial charge < -0.3 is 9.88 Å². The molecule has 26 heavy (non-hydrogen) atoms. The average Bonchev–Trinajstić information content (AvgIpc) is 3.29. The van der Waals surface area contributed by atoms with Gasteiger partial charge in [0, 0.05) is 37.2 Å². The average molecular weight is 350 g/mol. The second-order valence-corrected chi connectivity index (χ2v) is 6.66. The van der Waals surface area contributed by atoms with Crippen LogP contribution in [0.2, 0.25) is 0 Å². The Balaban J connectivity index is 1.36. The van der Waals surface area contributed by atoms with Crippen LogP contribution in [0.15, 0.2) is 42.7 Å². The summed E-state index contributed by atoms with van der Waals surface area (Å²) in [5.74, 6) is 2.00. The molecule has 0 bridgehead atoms. The Kier molecular flexibility index (Phi) is 4.77. The molecule has 134 valence electrons. The molecular weight excluding hydrogens is 328 g/mol. The van der Waals surface area contributed by atoms with Crippen molar-refractivity contribution < 1.29 is 4.79 Å². The Morgan fingerprint density at radius 1 is 1.23 bits per heavy atom. The number of nitrogens with one attached hydrogen (secondary N) is 2. The predicted octanol–water partition coefficient (Wildman–Crippen LogP) is 2.12. The summed E-state index contributed by atoms with van der Waals surface area (Å²) >= 11 is 0. The van der Waals surface area contributed by atoms with Crippen molar-refractivity contribution in [2.24, 2.45) is 0 Å². The number of aryl methyl sites for hydroxylation is 2. The quantitative estimate of drug-likeness (QED) is 0.738. The molecule has 0 aliphatic carbocycles. The molecule has 2 aromatic heterocycles. The highest BCUT2D eigenvalue weighted by Crippen LogP contribution is 2.22.